The molecule has 0 fully saturated rings. The van der Waals surface area contributed by atoms with Crippen molar-refractivity contribution in [2.45, 2.75) is 20.3 Å². The number of carbonyl (C=O) groups is 1. The van der Waals surface area contributed by atoms with E-state index in [9.17, 15) is 4.79 Å². The number of carbonyl (C=O) groups excluding carboxylic acids is 1. The first kappa shape index (κ1) is 17.9. The van der Waals surface area contributed by atoms with Gasteiger partial charge in [-0.05, 0) is 64.2 Å². The molecule has 0 spiro atoms. The molecule has 0 saturated heterocycles. The Labute approximate surface area is 143 Å². The molecular weight excluding hydrogens is 302 g/mol. The van der Waals surface area contributed by atoms with Crippen molar-refractivity contribution in [3.63, 3.8) is 0 Å². The highest BCUT2D eigenvalue weighted by molar-refractivity contribution is 5.92. The Balaban J connectivity index is 1.91. The average Bonchev–Trinajstić information content (AvgIpc) is 2.51. The van der Waals surface area contributed by atoms with Gasteiger partial charge in [-0.3, -0.25) is 4.79 Å². The fourth-order valence-electron chi connectivity index (χ4n) is 2.39. The second kappa shape index (κ2) is 8.40. The minimum absolute atomic E-state index is 0.195. The maximum atomic E-state index is 12.0. The summed E-state index contributed by atoms with van der Waals surface area (Å²) in [5.74, 6) is 0.420. The monoisotopic (exact) mass is 327 g/mol. The standard InChI is InChI=1S/C18H25N5O/c1-13-8-14(2)10-15(9-13)22-17-12-20-16(11-21-17)18(24)19-6-5-7-23(3)4/h8-12H,5-7H2,1-4H3,(H,19,24)(H,21,22). The summed E-state index contributed by atoms with van der Waals surface area (Å²) in [5, 5.41) is 6.06. The van der Waals surface area contributed by atoms with Crippen LogP contribution in [-0.2, 0) is 0 Å². The average molecular weight is 327 g/mol. The first-order valence-corrected chi connectivity index (χ1v) is 8.04. The normalized spacial score (nSPS) is 10.7. The third-order valence-corrected chi connectivity index (χ3v) is 3.45. The molecule has 0 bridgehead atoms. The van der Waals surface area contributed by atoms with Crippen LogP contribution < -0.4 is 10.6 Å². The summed E-state index contributed by atoms with van der Waals surface area (Å²) in [6.45, 7) is 5.66. The van der Waals surface area contributed by atoms with Gasteiger partial charge in [-0.1, -0.05) is 6.07 Å². The molecule has 0 radical (unpaired) electrons. The van der Waals surface area contributed by atoms with Gasteiger partial charge in [0, 0.05) is 12.2 Å². The van der Waals surface area contributed by atoms with Gasteiger partial charge in [0.15, 0.2) is 0 Å². The van der Waals surface area contributed by atoms with Crippen molar-refractivity contribution in [1.82, 2.24) is 20.2 Å². The molecule has 0 atom stereocenters. The minimum Gasteiger partial charge on any atom is -0.351 e. The second-order valence-electron chi connectivity index (χ2n) is 6.20. The summed E-state index contributed by atoms with van der Waals surface area (Å²) in [5.41, 5.74) is 3.65. The molecule has 6 heteroatoms. The highest BCUT2D eigenvalue weighted by Gasteiger charge is 2.07. The van der Waals surface area contributed by atoms with E-state index in [2.05, 4.69) is 31.6 Å². The molecule has 0 aliphatic carbocycles. The molecule has 1 aromatic heterocycles. The number of nitrogens with zero attached hydrogens (tertiary/aromatic N) is 3. The van der Waals surface area contributed by atoms with E-state index in [-0.39, 0.29) is 5.91 Å². The number of rotatable bonds is 7. The van der Waals surface area contributed by atoms with Crippen molar-refractivity contribution in [3.8, 4) is 0 Å². The fraction of sp³-hybridized carbons (Fsp3) is 0.389. The number of aryl methyl sites for hydroxylation is 2. The van der Waals surface area contributed by atoms with Gasteiger partial charge < -0.3 is 15.5 Å². The molecule has 0 saturated carbocycles. The van der Waals surface area contributed by atoms with Crippen LogP contribution in [-0.4, -0.2) is 48.0 Å². The smallest absolute Gasteiger partial charge is 0.271 e. The van der Waals surface area contributed by atoms with Crippen molar-refractivity contribution in [2.75, 3.05) is 32.5 Å². The third-order valence-electron chi connectivity index (χ3n) is 3.45. The molecule has 1 amide bonds. The molecule has 1 aromatic carbocycles. The van der Waals surface area contributed by atoms with Gasteiger partial charge in [-0.15, -0.1) is 0 Å². The van der Waals surface area contributed by atoms with Crippen molar-refractivity contribution in [2.24, 2.45) is 0 Å². The van der Waals surface area contributed by atoms with Crippen LogP contribution in [0.3, 0.4) is 0 Å². The van der Waals surface area contributed by atoms with Crippen LogP contribution in [0.25, 0.3) is 0 Å². The van der Waals surface area contributed by atoms with Crippen LogP contribution in [0.2, 0.25) is 0 Å². The molecule has 1 heterocycles. The largest absolute Gasteiger partial charge is 0.351 e. The zero-order chi connectivity index (χ0) is 17.5. The van der Waals surface area contributed by atoms with Gasteiger partial charge in [0.2, 0.25) is 0 Å². The predicted molar refractivity (Wildman–Crippen MR) is 96.7 cm³/mol. The third kappa shape index (κ3) is 5.62. The van der Waals surface area contributed by atoms with E-state index in [0.717, 1.165) is 18.7 Å². The number of benzene rings is 1. The lowest BCUT2D eigenvalue weighted by Crippen LogP contribution is -2.27. The van der Waals surface area contributed by atoms with Crippen LogP contribution in [0.4, 0.5) is 11.5 Å². The first-order valence-electron chi connectivity index (χ1n) is 8.04. The van der Waals surface area contributed by atoms with Crippen molar-refractivity contribution < 1.29 is 4.79 Å². The number of aromatic nitrogens is 2. The van der Waals surface area contributed by atoms with E-state index in [4.69, 9.17) is 0 Å². The van der Waals surface area contributed by atoms with Gasteiger partial charge >= 0.3 is 0 Å². The Morgan fingerprint density at radius 1 is 1.08 bits per heavy atom. The molecule has 0 aliphatic heterocycles. The summed E-state index contributed by atoms with van der Waals surface area (Å²) in [4.78, 5) is 22.5. The topological polar surface area (TPSA) is 70.2 Å². The van der Waals surface area contributed by atoms with Crippen LogP contribution in [0.15, 0.2) is 30.6 Å². The van der Waals surface area contributed by atoms with Crippen LogP contribution in [0, 0.1) is 13.8 Å². The number of nitrogens with one attached hydrogen (secondary N) is 2. The molecule has 2 N–H and O–H groups in total. The zero-order valence-corrected chi connectivity index (χ0v) is 14.8. The van der Waals surface area contributed by atoms with Gasteiger partial charge in [0.05, 0.1) is 12.4 Å². The Morgan fingerprint density at radius 2 is 1.79 bits per heavy atom. The van der Waals surface area contributed by atoms with E-state index in [1.807, 2.05) is 40.1 Å². The summed E-state index contributed by atoms with van der Waals surface area (Å²) < 4.78 is 0. The van der Waals surface area contributed by atoms with E-state index in [1.54, 1.807) is 6.20 Å². The lowest BCUT2D eigenvalue weighted by molar-refractivity contribution is 0.0947. The fourth-order valence-corrected chi connectivity index (χ4v) is 2.39. The summed E-state index contributed by atoms with van der Waals surface area (Å²) in [6.07, 6.45) is 3.97. The summed E-state index contributed by atoms with van der Waals surface area (Å²) >= 11 is 0. The molecule has 6 nitrogen and oxygen atoms in total. The zero-order valence-electron chi connectivity index (χ0n) is 14.8. The quantitative estimate of drug-likeness (QED) is 0.765. The Bertz CT molecular complexity index is 662. The molecule has 24 heavy (non-hydrogen) atoms. The van der Waals surface area contributed by atoms with Crippen LogP contribution in [0.1, 0.15) is 28.0 Å². The van der Waals surface area contributed by atoms with Gasteiger partial charge in [-0.2, -0.15) is 0 Å². The highest BCUT2D eigenvalue weighted by Crippen LogP contribution is 2.17. The summed E-state index contributed by atoms with van der Waals surface area (Å²) in [6, 6.07) is 6.20. The minimum atomic E-state index is -0.195. The predicted octanol–water partition coefficient (Wildman–Crippen LogP) is 2.52. The van der Waals surface area contributed by atoms with Crippen molar-refractivity contribution >= 4 is 17.4 Å². The second-order valence-corrected chi connectivity index (χ2v) is 6.20. The van der Waals surface area contributed by atoms with Crippen LogP contribution >= 0.6 is 0 Å². The number of hydrogen-bond donors (Lipinski definition) is 2. The molecule has 2 aromatic rings. The van der Waals surface area contributed by atoms with E-state index >= 15 is 0 Å². The van der Waals surface area contributed by atoms with E-state index in [0.29, 0.717) is 18.1 Å². The number of hydrogen-bond acceptors (Lipinski definition) is 5. The molecule has 128 valence electrons. The first-order chi connectivity index (χ1) is 11.4. The van der Waals surface area contributed by atoms with Gasteiger partial charge in [-0.25, -0.2) is 9.97 Å². The summed E-state index contributed by atoms with van der Waals surface area (Å²) in [7, 11) is 4.02. The van der Waals surface area contributed by atoms with Crippen molar-refractivity contribution in [1.29, 1.82) is 0 Å². The lowest BCUT2D eigenvalue weighted by atomic mass is 10.1. The van der Waals surface area contributed by atoms with E-state index < -0.39 is 0 Å². The lowest BCUT2D eigenvalue weighted by Gasteiger charge is -2.10. The molecule has 0 unspecified atom stereocenters. The number of anilines is 2. The Hall–Kier alpha value is -2.47. The number of amides is 1. The molecular formula is C18H25N5O. The molecule has 0 aliphatic rings. The van der Waals surface area contributed by atoms with Crippen molar-refractivity contribution in [3.05, 3.63) is 47.4 Å². The molecule has 2 rings (SSSR count). The maximum absolute atomic E-state index is 12.0. The van der Waals surface area contributed by atoms with E-state index in [1.165, 1.54) is 17.3 Å². The SMILES string of the molecule is Cc1cc(C)cc(Nc2cnc(C(=O)NCCCN(C)C)cn2)c1. The Morgan fingerprint density at radius 3 is 2.38 bits per heavy atom. The Kier molecular flexibility index (Phi) is 6.26. The maximum Gasteiger partial charge on any atom is 0.271 e. The highest BCUT2D eigenvalue weighted by atomic mass is 16.1. The van der Waals surface area contributed by atoms with Crippen LogP contribution in [0.5, 0.6) is 0 Å². The van der Waals surface area contributed by atoms with Gasteiger partial charge in [0.1, 0.15) is 11.5 Å². The van der Waals surface area contributed by atoms with Gasteiger partial charge in [0.25, 0.3) is 5.91 Å².